The molecule has 0 aromatic carbocycles. The molecule has 1 fully saturated rings. The molecule has 0 unspecified atom stereocenters. The quantitative estimate of drug-likeness (QED) is 0.0590. The lowest BCUT2D eigenvalue weighted by Gasteiger charge is -2.44. The molecule has 4 nitrogen and oxygen atoms in total. The summed E-state index contributed by atoms with van der Waals surface area (Å²) in [7, 11) is -5.66. The van der Waals surface area contributed by atoms with E-state index in [4.69, 9.17) is 0 Å². The zero-order valence-corrected chi connectivity index (χ0v) is 36.1. The highest BCUT2D eigenvalue weighted by Gasteiger charge is 3.00. The summed E-state index contributed by atoms with van der Waals surface area (Å²) in [5, 5.41) is 0. The van der Waals surface area contributed by atoms with Crippen molar-refractivity contribution in [1.29, 1.82) is 0 Å². The number of phosphoric acid groups is 1. The lowest BCUT2D eigenvalue weighted by atomic mass is 9.86. The van der Waals surface area contributed by atoms with Crippen LogP contribution in [0.5, 0.6) is 0 Å². The second-order valence-electron chi connectivity index (χ2n) is 14.7. The van der Waals surface area contributed by atoms with Crippen molar-refractivity contribution in [2.24, 2.45) is 0 Å². The third-order valence-electron chi connectivity index (χ3n) is 9.61. The number of alkyl halides is 42. The molecule has 0 saturated carbocycles. The van der Waals surface area contributed by atoms with Crippen molar-refractivity contribution in [2.45, 2.75) is 136 Å². The van der Waals surface area contributed by atoms with Crippen molar-refractivity contribution in [1.82, 2.24) is 0 Å². The summed E-state index contributed by atoms with van der Waals surface area (Å²) in [6.45, 7) is -4.19. The highest BCUT2D eigenvalue weighted by Crippen LogP contribution is 2.69. The summed E-state index contributed by atoms with van der Waals surface area (Å²) >= 11 is -2.22. The van der Waals surface area contributed by atoms with Gasteiger partial charge in [0.1, 0.15) is 4.08 Å². The third-order valence-corrected chi connectivity index (χ3v) is 13.6. The van der Waals surface area contributed by atoms with Gasteiger partial charge in [-0.3, -0.25) is 9.05 Å². The maximum atomic E-state index is 14.5. The molecule has 0 bridgehead atoms. The fourth-order valence-corrected chi connectivity index (χ4v) is 8.93. The monoisotopic (exact) mass is 1290 g/mol. The predicted molar refractivity (Wildman–Crippen MR) is 160 cm³/mol. The standard InChI is InChI=1S/C27H13F42O4PS2/c28-8(29,10(32,33)12(36,37)14(40,41)16(44,45)18(48,49)20(52,53)22(56,57)24(60,61)26(64,65)66)1-3-75-7(5-72-74(70,71)73-6-7)76-4-2-9(30,31)11(34,35)13(38,39)15(42,43)17(46,47)19(50,51)21(54,55)23(58,59)25(62,63)27(67,68)69/h1-6H2,(H,70,71). The minimum atomic E-state index is -9.63. The molecular weight excluding hydrogens is 1280 g/mol. The Hall–Kier alpha value is -2.13. The van der Waals surface area contributed by atoms with Crippen LogP contribution in [0.3, 0.4) is 0 Å². The van der Waals surface area contributed by atoms with Gasteiger partial charge in [0.05, 0.1) is 13.2 Å². The fourth-order valence-electron chi connectivity index (χ4n) is 4.87. The van der Waals surface area contributed by atoms with Gasteiger partial charge in [0, 0.05) is 24.3 Å². The molecule has 0 aromatic heterocycles. The van der Waals surface area contributed by atoms with Gasteiger partial charge in [-0.2, -0.15) is 184 Å². The largest absolute Gasteiger partial charge is 0.472 e. The normalized spacial score (nSPS) is 19.1. The zero-order valence-electron chi connectivity index (χ0n) is 33.6. The average Bonchev–Trinajstić information content (AvgIpc) is 3.19. The molecule has 0 spiro atoms. The van der Waals surface area contributed by atoms with E-state index in [0.717, 1.165) is 0 Å². The summed E-state index contributed by atoms with van der Waals surface area (Å²) in [6, 6.07) is 0. The van der Waals surface area contributed by atoms with Crippen molar-refractivity contribution < 1.29 is 203 Å². The van der Waals surface area contributed by atoms with Crippen LogP contribution < -0.4 is 0 Å². The molecule has 76 heavy (non-hydrogen) atoms. The molecule has 1 rings (SSSR count). The summed E-state index contributed by atoms with van der Waals surface area (Å²) in [5.41, 5.74) is 0. The summed E-state index contributed by atoms with van der Waals surface area (Å²) in [4.78, 5) is 9.21. The van der Waals surface area contributed by atoms with Gasteiger partial charge in [-0.15, -0.1) is 23.5 Å². The lowest BCUT2D eigenvalue weighted by molar-refractivity contribution is -0.474. The molecule has 1 heterocycles. The van der Waals surface area contributed by atoms with Crippen LogP contribution in [0.25, 0.3) is 0 Å². The summed E-state index contributed by atoms with van der Waals surface area (Å²) < 4.78 is 591. The van der Waals surface area contributed by atoms with Crippen LogP contribution in [-0.4, -0.2) is 153 Å². The molecule has 0 radical (unpaired) electrons. The first kappa shape index (κ1) is 71.9. The molecule has 0 aliphatic carbocycles. The van der Waals surface area contributed by atoms with Crippen LogP contribution >= 0.6 is 31.3 Å². The van der Waals surface area contributed by atoms with Gasteiger partial charge < -0.3 is 4.89 Å². The number of phosphoric ester groups is 1. The first-order valence-electron chi connectivity index (χ1n) is 17.2. The number of rotatable bonds is 24. The molecule has 1 aliphatic heterocycles. The van der Waals surface area contributed by atoms with E-state index in [1.807, 2.05) is 0 Å². The third kappa shape index (κ3) is 10.0. The van der Waals surface area contributed by atoms with Gasteiger partial charge in [-0.25, -0.2) is 4.57 Å². The van der Waals surface area contributed by atoms with E-state index < -0.39 is 192 Å². The Morgan fingerprint density at radius 2 is 0.461 bits per heavy atom. The first-order chi connectivity index (χ1) is 32.3. The second-order valence-corrected chi connectivity index (χ2v) is 19.4. The van der Waals surface area contributed by atoms with Crippen LogP contribution in [0.15, 0.2) is 0 Å². The van der Waals surface area contributed by atoms with Crippen molar-refractivity contribution in [3.8, 4) is 0 Å². The molecule has 1 N–H and O–H groups in total. The van der Waals surface area contributed by atoms with E-state index in [2.05, 4.69) is 9.05 Å². The predicted octanol–water partition coefficient (Wildman–Crippen LogP) is 15.6. The molecule has 1 aliphatic rings. The average molecular weight is 1290 g/mol. The van der Waals surface area contributed by atoms with Crippen LogP contribution in [0.2, 0.25) is 0 Å². The van der Waals surface area contributed by atoms with E-state index in [0.29, 0.717) is 0 Å². The summed E-state index contributed by atoms with van der Waals surface area (Å²) in [6.07, 6.45) is -23.8. The van der Waals surface area contributed by atoms with Crippen molar-refractivity contribution in [3.63, 3.8) is 0 Å². The minimum absolute atomic E-state index is 1.11. The van der Waals surface area contributed by atoms with Crippen LogP contribution in [0.4, 0.5) is 184 Å². The van der Waals surface area contributed by atoms with Crippen LogP contribution in [0.1, 0.15) is 12.8 Å². The minimum Gasteiger partial charge on any atom is -0.302 e. The maximum absolute atomic E-state index is 14.5. The zero-order chi connectivity index (χ0) is 62.1. The first-order valence-corrected chi connectivity index (χ1v) is 20.6. The summed E-state index contributed by atoms with van der Waals surface area (Å²) in [5.74, 6) is -168. The van der Waals surface area contributed by atoms with Crippen LogP contribution in [-0.2, 0) is 13.6 Å². The van der Waals surface area contributed by atoms with Gasteiger partial charge in [-0.05, 0) is 0 Å². The smallest absolute Gasteiger partial charge is 0.302 e. The van der Waals surface area contributed by atoms with E-state index >= 15 is 0 Å². The molecule has 0 atom stereocenters. The Kier molecular flexibility index (Phi) is 18.2. The van der Waals surface area contributed by atoms with E-state index in [1.165, 1.54) is 0 Å². The van der Waals surface area contributed by atoms with Gasteiger partial charge >= 0.3 is 127 Å². The number of hydrogen-bond acceptors (Lipinski definition) is 5. The van der Waals surface area contributed by atoms with Crippen molar-refractivity contribution >= 4 is 31.3 Å². The Balaban J connectivity index is 3.67. The lowest BCUT2D eigenvalue weighted by Crippen LogP contribution is -2.76. The van der Waals surface area contributed by atoms with E-state index in [-0.39, 0.29) is 0 Å². The maximum Gasteiger partial charge on any atom is 0.472 e. The number of halogens is 42. The molecule has 0 aromatic rings. The molecule has 49 heteroatoms. The van der Waals surface area contributed by atoms with Gasteiger partial charge in [0.2, 0.25) is 0 Å². The highest BCUT2D eigenvalue weighted by atomic mass is 32.2. The van der Waals surface area contributed by atoms with Crippen molar-refractivity contribution in [3.05, 3.63) is 0 Å². The number of hydrogen-bond donors (Lipinski definition) is 1. The van der Waals surface area contributed by atoms with Crippen LogP contribution in [0, 0.1) is 0 Å². The van der Waals surface area contributed by atoms with Crippen molar-refractivity contribution in [2.75, 3.05) is 24.7 Å². The molecule has 456 valence electrons. The van der Waals surface area contributed by atoms with Gasteiger partial charge in [0.15, 0.2) is 0 Å². The van der Waals surface area contributed by atoms with Gasteiger partial charge in [-0.1, -0.05) is 0 Å². The molecule has 0 amide bonds. The van der Waals surface area contributed by atoms with E-state index in [9.17, 15) is 194 Å². The topological polar surface area (TPSA) is 55.8 Å². The Bertz CT molecular complexity index is 1970. The molecular formula is C27H13F42O4PS2. The SMILES string of the molecule is O=P1(O)OCC(SCCC(F)(F)C(F)(F)C(F)(F)C(F)(F)C(F)(F)C(F)(F)C(F)(F)C(F)(F)C(F)(F)C(F)(F)F)(SCCC(F)(F)C(F)(F)C(F)(F)C(F)(F)C(F)(F)C(F)(F)C(F)(F)C(F)(F)C(F)(F)C(F)(F)F)CO1. The van der Waals surface area contributed by atoms with E-state index in [1.54, 1.807) is 0 Å². The molecule has 1 saturated heterocycles. The fraction of sp³-hybridized carbons (Fsp3) is 1.00. The Morgan fingerprint density at radius 3 is 0.632 bits per heavy atom. The van der Waals surface area contributed by atoms with Gasteiger partial charge in [0.25, 0.3) is 0 Å². The highest BCUT2D eigenvalue weighted by molar-refractivity contribution is 8.18. The number of thioether (sulfide) groups is 2. The Morgan fingerprint density at radius 1 is 0.303 bits per heavy atom. The Labute approximate surface area is 395 Å². The second kappa shape index (κ2) is 19.2.